The highest BCUT2D eigenvalue weighted by atomic mass is 16.5. The molecule has 2 N–H and O–H groups in total. The lowest BCUT2D eigenvalue weighted by Crippen LogP contribution is -2.40. The van der Waals surface area contributed by atoms with Crippen molar-refractivity contribution in [2.45, 2.75) is 25.9 Å². The van der Waals surface area contributed by atoms with Gasteiger partial charge in [-0.15, -0.1) is 0 Å². The van der Waals surface area contributed by atoms with Crippen molar-refractivity contribution in [2.75, 3.05) is 41.0 Å². The number of ether oxygens (including phenoxy) is 3. The number of rotatable bonds is 9. The SMILES string of the molecule is COCCN(C(C)C)C(CN)c1cc(OC)cc(OC)c1. The fourth-order valence-corrected chi connectivity index (χ4v) is 2.46. The van der Waals surface area contributed by atoms with Crippen molar-refractivity contribution in [3.63, 3.8) is 0 Å². The molecule has 5 heteroatoms. The van der Waals surface area contributed by atoms with Gasteiger partial charge in [-0.25, -0.2) is 0 Å². The first-order chi connectivity index (χ1) is 10.1. The normalized spacial score (nSPS) is 12.8. The molecule has 5 nitrogen and oxygen atoms in total. The van der Waals surface area contributed by atoms with Crippen LogP contribution >= 0.6 is 0 Å². The van der Waals surface area contributed by atoms with Gasteiger partial charge < -0.3 is 19.9 Å². The van der Waals surface area contributed by atoms with Crippen molar-refractivity contribution in [3.05, 3.63) is 23.8 Å². The van der Waals surface area contributed by atoms with Gasteiger partial charge in [-0.1, -0.05) is 0 Å². The third-order valence-electron chi connectivity index (χ3n) is 3.60. The molecule has 21 heavy (non-hydrogen) atoms. The highest BCUT2D eigenvalue weighted by Gasteiger charge is 2.22. The second kappa shape index (κ2) is 8.87. The molecule has 0 fully saturated rings. The molecular weight excluding hydrogens is 268 g/mol. The third kappa shape index (κ3) is 4.88. The molecule has 0 aliphatic rings. The molecule has 0 bridgehead atoms. The Morgan fingerprint density at radius 1 is 1.05 bits per heavy atom. The first-order valence-corrected chi connectivity index (χ1v) is 7.25. The van der Waals surface area contributed by atoms with Crippen molar-refractivity contribution in [2.24, 2.45) is 5.73 Å². The van der Waals surface area contributed by atoms with E-state index in [1.807, 2.05) is 18.2 Å². The van der Waals surface area contributed by atoms with E-state index in [0.717, 1.165) is 23.6 Å². The number of hydrogen-bond acceptors (Lipinski definition) is 5. The van der Waals surface area contributed by atoms with Crippen LogP contribution in [0.1, 0.15) is 25.5 Å². The minimum atomic E-state index is 0.101. The maximum absolute atomic E-state index is 6.03. The maximum atomic E-state index is 6.03. The molecule has 1 rings (SSSR count). The Bertz CT molecular complexity index is 402. The van der Waals surface area contributed by atoms with Crippen LogP contribution in [0.2, 0.25) is 0 Å². The monoisotopic (exact) mass is 296 g/mol. The lowest BCUT2D eigenvalue weighted by Gasteiger charge is -2.34. The summed E-state index contributed by atoms with van der Waals surface area (Å²) in [6, 6.07) is 6.37. The topological polar surface area (TPSA) is 57.0 Å². The van der Waals surface area contributed by atoms with E-state index in [1.54, 1.807) is 21.3 Å². The molecule has 1 aromatic carbocycles. The molecule has 0 heterocycles. The smallest absolute Gasteiger partial charge is 0.122 e. The van der Waals surface area contributed by atoms with Crippen LogP contribution in [0.25, 0.3) is 0 Å². The van der Waals surface area contributed by atoms with Crippen LogP contribution in [-0.4, -0.2) is 52.0 Å². The zero-order chi connectivity index (χ0) is 15.8. The van der Waals surface area contributed by atoms with Crippen LogP contribution in [0.5, 0.6) is 11.5 Å². The lowest BCUT2D eigenvalue weighted by molar-refractivity contribution is 0.0978. The quantitative estimate of drug-likeness (QED) is 0.756. The second-order valence-corrected chi connectivity index (χ2v) is 5.22. The molecule has 0 aliphatic heterocycles. The zero-order valence-electron chi connectivity index (χ0n) is 13.8. The van der Waals surface area contributed by atoms with Crippen LogP contribution in [0.15, 0.2) is 18.2 Å². The van der Waals surface area contributed by atoms with Crippen molar-refractivity contribution >= 4 is 0 Å². The van der Waals surface area contributed by atoms with E-state index in [2.05, 4.69) is 18.7 Å². The summed E-state index contributed by atoms with van der Waals surface area (Å²) in [4.78, 5) is 2.33. The zero-order valence-corrected chi connectivity index (χ0v) is 13.8. The molecule has 1 aromatic rings. The van der Waals surface area contributed by atoms with Crippen molar-refractivity contribution in [1.29, 1.82) is 0 Å². The van der Waals surface area contributed by atoms with Crippen LogP contribution in [0, 0.1) is 0 Å². The summed E-state index contributed by atoms with van der Waals surface area (Å²) < 4.78 is 15.9. The van der Waals surface area contributed by atoms with Gasteiger partial charge >= 0.3 is 0 Å². The third-order valence-corrected chi connectivity index (χ3v) is 3.60. The molecule has 0 amide bonds. The van der Waals surface area contributed by atoms with Crippen LogP contribution in [-0.2, 0) is 4.74 Å². The summed E-state index contributed by atoms with van der Waals surface area (Å²) >= 11 is 0. The molecule has 0 radical (unpaired) electrons. The largest absolute Gasteiger partial charge is 0.497 e. The van der Waals surface area contributed by atoms with Gasteiger partial charge in [0.05, 0.1) is 20.8 Å². The molecular formula is C16H28N2O3. The van der Waals surface area contributed by atoms with Gasteiger partial charge in [-0.3, -0.25) is 4.90 Å². The molecule has 1 atom stereocenters. The standard InChI is InChI=1S/C16H28N2O3/c1-12(2)18(6-7-19-3)16(11-17)13-8-14(20-4)10-15(9-13)21-5/h8-10,12,16H,6-7,11,17H2,1-5H3. The molecule has 0 saturated carbocycles. The fraction of sp³-hybridized carbons (Fsp3) is 0.625. The molecule has 0 saturated heterocycles. The van der Waals surface area contributed by atoms with Crippen molar-refractivity contribution in [1.82, 2.24) is 4.90 Å². The van der Waals surface area contributed by atoms with E-state index >= 15 is 0 Å². The Morgan fingerprint density at radius 2 is 1.62 bits per heavy atom. The molecule has 0 spiro atoms. The Hall–Kier alpha value is -1.30. The summed E-state index contributed by atoms with van der Waals surface area (Å²) in [5.41, 5.74) is 7.13. The second-order valence-electron chi connectivity index (χ2n) is 5.22. The van der Waals surface area contributed by atoms with E-state index in [1.165, 1.54) is 0 Å². The minimum Gasteiger partial charge on any atom is -0.497 e. The van der Waals surface area contributed by atoms with Crippen LogP contribution in [0.4, 0.5) is 0 Å². The van der Waals surface area contributed by atoms with E-state index < -0.39 is 0 Å². The van der Waals surface area contributed by atoms with Gasteiger partial charge in [0.2, 0.25) is 0 Å². The van der Waals surface area contributed by atoms with Gasteiger partial charge in [0, 0.05) is 38.3 Å². The number of methoxy groups -OCH3 is 3. The van der Waals surface area contributed by atoms with Gasteiger partial charge in [0.1, 0.15) is 11.5 Å². The van der Waals surface area contributed by atoms with E-state index in [-0.39, 0.29) is 6.04 Å². The summed E-state index contributed by atoms with van der Waals surface area (Å²) in [5, 5.41) is 0. The van der Waals surface area contributed by atoms with Gasteiger partial charge in [-0.05, 0) is 31.5 Å². The van der Waals surface area contributed by atoms with Gasteiger partial charge in [0.25, 0.3) is 0 Å². The molecule has 0 aliphatic carbocycles. The summed E-state index contributed by atoms with van der Waals surface area (Å²) in [5.74, 6) is 1.55. The minimum absolute atomic E-state index is 0.101. The Morgan fingerprint density at radius 3 is 2.00 bits per heavy atom. The Labute approximate surface area is 128 Å². The highest BCUT2D eigenvalue weighted by molar-refractivity contribution is 5.40. The number of nitrogens with two attached hydrogens (primary N) is 1. The van der Waals surface area contributed by atoms with Crippen molar-refractivity contribution < 1.29 is 14.2 Å². The summed E-state index contributed by atoms with van der Waals surface area (Å²) in [7, 11) is 5.02. The highest BCUT2D eigenvalue weighted by Crippen LogP contribution is 2.30. The first-order valence-electron chi connectivity index (χ1n) is 7.25. The Balaban J connectivity index is 3.11. The van der Waals surface area contributed by atoms with Gasteiger partial charge in [0.15, 0.2) is 0 Å². The fourth-order valence-electron chi connectivity index (χ4n) is 2.46. The van der Waals surface area contributed by atoms with Crippen LogP contribution < -0.4 is 15.2 Å². The van der Waals surface area contributed by atoms with E-state index in [0.29, 0.717) is 19.2 Å². The number of nitrogens with zero attached hydrogens (tertiary/aromatic N) is 1. The van der Waals surface area contributed by atoms with E-state index in [9.17, 15) is 0 Å². The summed E-state index contributed by atoms with van der Waals surface area (Å²) in [6.45, 7) is 6.36. The molecule has 120 valence electrons. The number of hydrogen-bond donors (Lipinski definition) is 1. The maximum Gasteiger partial charge on any atom is 0.122 e. The lowest BCUT2D eigenvalue weighted by atomic mass is 10.0. The predicted octanol–water partition coefficient (Wildman–Crippen LogP) is 2.06. The predicted molar refractivity (Wildman–Crippen MR) is 85.1 cm³/mol. The average molecular weight is 296 g/mol. The van der Waals surface area contributed by atoms with Crippen molar-refractivity contribution in [3.8, 4) is 11.5 Å². The molecule has 0 aromatic heterocycles. The first kappa shape index (κ1) is 17.8. The summed E-state index contributed by atoms with van der Waals surface area (Å²) in [6.07, 6.45) is 0. The Kier molecular flexibility index (Phi) is 7.50. The van der Waals surface area contributed by atoms with Gasteiger partial charge in [-0.2, -0.15) is 0 Å². The molecule has 1 unspecified atom stereocenters. The van der Waals surface area contributed by atoms with E-state index in [4.69, 9.17) is 19.9 Å². The number of benzene rings is 1. The average Bonchev–Trinajstić information content (AvgIpc) is 2.50. The van der Waals surface area contributed by atoms with Crippen LogP contribution in [0.3, 0.4) is 0 Å².